The maximum absolute atomic E-state index is 2.56. The van der Waals surface area contributed by atoms with Gasteiger partial charge >= 0.3 is 21.7 Å². The third kappa shape index (κ3) is 4.21. The zero-order valence-electron chi connectivity index (χ0n) is 12.8. The average Bonchev–Trinajstić information content (AvgIpc) is 2.31. The fourth-order valence-electron chi connectivity index (χ4n) is 2.59. The third-order valence-electron chi connectivity index (χ3n) is 4.42. The molecule has 5 heteroatoms. The van der Waals surface area contributed by atoms with Crippen molar-refractivity contribution in [3.63, 3.8) is 0 Å². The number of halogens is 2. The first-order valence-corrected chi connectivity index (χ1v) is 11.9. The van der Waals surface area contributed by atoms with E-state index in [2.05, 4.69) is 54.1 Å². The summed E-state index contributed by atoms with van der Waals surface area (Å²) in [5.74, 6) is 0.719. The van der Waals surface area contributed by atoms with Gasteiger partial charge in [-0.3, -0.25) is 0 Å². The van der Waals surface area contributed by atoms with Gasteiger partial charge in [-0.05, 0) is 45.6 Å². The summed E-state index contributed by atoms with van der Waals surface area (Å²) < 4.78 is 0. The van der Waals surface area contributed by atoms with Gasteiger partial charge in [0.25, 0.3) is 0 Å². The molecule has 0 heterocycles. The molecule has 0 saturated carbocycles. The van der Waals surface area contributed by atoms with Crippen LogP contribution < -0.4 is 24.8 Å². The van der Waals surface area contributed by atoms with Crippen molar-refractivity contribution in [3.8, 4) is 0 Å². The van der Waals surface area contributed by atoms with Crippen molar-refractivity contribution in [3.05, 3.63) is 21.9 Å². The number of rotatable bonds is 2. The molecule has 0 saturated heterocycles. The van der Waals surface area contributed by atoms with Gasteiger partial charge in [0, 0.05) is 0 Å². The SMILES string of the molecule is CC1=C(C)C(C)C([Si](C)(C)P(C)C)=C1C.[Cl-].[Cl-].[Ti+2]. The Kier molecular flexibility index (Phi) is 11.7. The minimum absolute atomic E-state index is 0. The van der Waals surface area contributed by atoms with Crippen molar-refractivity contribution in [2.45, 2.75) is 40.8 Å². The summed E-state index contributed by atoms with van der Waals surface area (Å²) in [6.45, 7) is 19.4. The maximum Gasteiger partial charge on any atom is 2.00 e. The van der Waals surface area contributed by atoms with Crippen LogP contribution in [0.4, 0.5) is 0 Å². The summed E-state index contributed by atoms with van der Waals surface area (Å²) in [6.07, 6.45) is 0. The molecule has 1 aliphatic carbocycles. The van der Waals surface area contributed by atoms with Crippen LogP contribution in [0.2, 0.25) is 13.1 Å². The van der Waals surface area contributed by atoms with Gasteiger partial charge in [-0.2, -0.15) is 0 Å². The average molecular weight is 359 g/mol. The van der Waals surface area contributed by atoms with E-state index in [4.69, 9.17) is 0 Å². The van der Waals surface area contributed by atoms with Crippen LogP contribution >= 0.6 is 7.47 Å². The van der Waals surface area contributed by atoms with E-state index in [0.717, 1.165) is 5.92 Å². The van der Waals surface area contributed by atoms with E-state index in [-0.39, 0.29) is 54.0 Å². The second-order valence-corrected chi connectivity index (χ2v) is 17.0. The molecule has 0 aromatic carbocycles. The summed E-state index contributed by atoms with van der Waals surface area (Å²) in [7, 11) is -0.946. The summed E-state index contributed by atoms with van der Waals surface area (Å²) in [5.41, 5.74) is 4.79. The molecule has 0 aromatic rings. The van der Waals surface area contributed by atoms with Gasteiger partial charge in [0.1, 0.15) is 7.74 Å². The Morgan fingerprint density at radius 1 is 0.944 bits per heavy atom. The normalized spacial score (nSPS) is 19.5. The van der Waals surface area contributed by atoms with Crippen LogP contribution in [0.3, 0.4) is 0 Å². The van der Waals surface area contributed by atoms with Crippen molar-refractivity contribution < 1.29 is 46.5 Å². The number of hydrogen-bond donors (Lipinski definition) is 0. The number of hydrogen-bond acceptors (Lipinski definition) is 0. The first-order chi connectivity index (χ1) is 6.71. The molecule has 0 nitrogen and oxygen atoms in total. The second-order valence-electron chi connectivity index (χ2n) is 5.52. The molecule has 18 heavy (non-hydrogen) atoms. The van der Waals surface area contributed by atoms with Gasteiger partial charge in [0.15, 0.2) is 0 Å². The Hall–Kier alpha value is 1.42. The molecule has 1 aliphatic rings. The van der Waals surface area contributed by atoms with Gasteiger partial charge in [-0.15, -0.1) is 7.47 Å². The molecule has 0 aromatic heterocycles. The van der Waals surface area contributed by atoms with E-state index in [0.29, 0.717) is 0 Å². The van der Waals surface area contributed by atoms with E-state index in [1.807, 2.05) is 5.20 Å². The summed E-state index contributed by atoms with van der Waals surface area (Å²) in [5, 5.41) is 1.83. The van der Waals surface area contributed by atoms with Crippen molar-refractivity contribution in [1.29, 1.82) is 0 Å². The standard InChI is InChI=1S/C13H25PSi.2ClH.Ti/c1-9-10(2)12(4)13(11(9)3)15(7,8)14(5)6;;;/h11H,1-8H3;2*1H;/q;;;+2/p-2. The van der Waals surface area contributed by atoms with Crippen molar-refractivity contribution in [2.24, 2.45) is 5.92 Å². The smallest absolute Gasteiger partial charge is 1.00 e. The zero-order chi connectivity index (χ0) is 12.0. The van der Waals surface area contributed by atoms with E-state index < -0.39 is 7.74 Å². The van der Waals surface area contributed by atoms with Crippen molar-refractivity contribution in [2.75, 3.05) is 13.3 Å². The van der Waals surface area contributed by atoms with Crippen LogP contribution in [-0.2, 0) is 21.7 Å². The van der Waals surface area contributed by atoms with Crippen LogP contribution in [0.1, 0.15) is 27.7 Å². The van der Waals surface area contributed by atoms with Gasteiger partial charge < -0.3 is 24.8 Å². The maximum atomic E-state index is 2.56. The quantitative estimate of drug-likeness (QED) is 0.429. The fourth-order valence-corrected chi connectivity index (χ4v) is 7.99. The Labute approximate surface area is 143 Å². The third-order valence-corrected chi connectivity index (χ3v) is 16.2. The zero-order valence-corrected chi connectivity index (χ0v) is 17.7. The molecule has 0 aliphatic heterocycles. The van der Waals surface area contributed by atoms with E-state index in [1.54, 1.807) is 16.7 Å². The molecule has 1 atom stereocenters. The Bertz CT molecular complexity index is 349. The van der Waals surface area contributed by atoms with E-state index >= 15 is 0 Å². The van der Waals surface area contributed by atoms with Crippen molar-refractivity contribution >= 4 is 15.2 Å². The molecule has 0 fully saturated rings. The van der Waals surface area contributed by atoms with Gasteiger partial charge in [0.2, 0.25) is 0 Å². The predicted octanol–water partition coefficient (Wildman–Crippen LogP) is -1.22. The summed E-state index contributed by atoms with van der Waals surface area (Å²) in [4.78, 5) is 0. The largest absolute Gasteiger partial charge is 2.00 e. The minimum Gasteiger partial charge on any atom is -1.00 e. The second kappa shape index (κ2) is 8.65. The Morgan fingerprint density at radius 2 is 1.33 bits per heavy atom. The topological polar surface area (TPSA) is 0 Å². The Balaban J connectivity index is -0.000000750. The van der Waals surface area contributed by atoms with Crippen LogP contribution in [-0.4, -0.2) is 21.1 Å². The number of allylic oxidation sites excluding steroid dienone is 4. The Morgan fingerprint density at radius 3 is 1.56 bits per heavy atom. The molecule has 0 N–H and O–H groups in total. The molecule has 104 valence electrons. The molecule has 0 bridgehead atoms. The molecular weight excluding hydrogens is 334 g/mol. The fraction of sp³-hybridized carbons (Fsp3) is 0.692. The molecule has 1 rings (SSSR count). The molecular formula is C13H25Cl2PSiTi. The van der Waals surface area contributed by atoms with Gasteiger partial charge in [-0.1, -0.05) is 36.4 Å². The van der Waals surface area contributed by atoms with Crippen LogP contribution in [0.5, 0.6) is 0 Å². The first kappa shape index (κ1) is 24.4. The minimum atomic E-state index is -1.15. The molecule has 0 spiro atoms. The first-order valence-electron chi connectivity index (χ1n) is 5.77. The van der Waals surface area contributed by atoms with Gasteiger partial charge in [-0.25, -0.2) is 0 Å². The van der Waals surface area contributed by atoms with Crippen LogP contribution in [0, 0.1) is 5.92 Å². The van der Waals surface area contributed by atoms with Crippen LogP contribution in [0.15, 0.2) is 21.9 Å². The van der Waals surface area contributed by atoms with E-state index in [9.17, 15) is 0 Å². The predicted molar refractivity (Wildman–Crippen MR) is 76.5 cm³/mol. The molecule has 1 unspecified atom stereocenters. The van der Waals surface area contributed by atoms with E-state index in [1.165, 1.54) is 0 Å². The van der Waals surface area contributed by atoms with Crippen molar-refractivity contribution in [1.82, 2.24) is 0 Å². The van der Waals surface area contributed by atoms with Crippen LogP contribution in [0.25, 0.3) is 0 Å². The van der Waals surface area contributed by atoms with Gasteiger partial charge in [0.05, 0.1) is 0 Å². The molecule has 0 amide bonds. The summed E-state index contributed by atoms with van der Waals surface area (Å²) in [6, 6.07) is 0. The summed E-state index contributed by atoms with van der Waals surface area (Å²) >= 11 is 0. The molecule has 0 radical (unpaired) electrons. The monoisotopic (exact) mass is 358 g/mol.